The van der Waals surface area contributed by atoms with Gasteiger partial charge in [-0.2, -0.15) is 0 Å². The molecule has 82 valence electrons. The molecule has 0 atom stereocenters. The zero-order valence-corrected chi connectivity index (χ0v) is 10.00. The van der Waals surface area contributed by atoms with Crippen LogP contribution in [-0.2, 0) is 6.61 Å². The van der Waals surface area contributed by atoms with E-state index in [1.54, 1.807) is 11.8 Å². The largest absolute Gasteiger partial charge is 0.392 e. The zero-order valence-electron chi connectivity index (χ0n) is 9.18. The summed E-state index contributed by atoms with van der Waals surface area (Å²) < 4.78 is 0. The number of aryl methyl sites for hydroxylation is 1. The van der Waals surface area contributed by atoms with E-state index >= 15 is 0 Å². The standard InChI is InChI=1S/C14H14OS/c1-11-3-2-4-14(9-11)16-13-7-5-12(10-15)6-8-13/h2-9,15H,10H2,1H3. The van der Waals surface area contributed by atoms with Crippen molar-refractivity contribution in [3.8, 4) is 0 Å². The number of rotatable bonds is 3. The Hall–Kier alpha value is -1.25. The van der Waals surface area contributed by atoms with E-state index in [1.165, 1.54) is 15.4 Å². The van der Waals surface area contributed by atoms with Crippen molar-refractivity contribution in [1.82, 2.24) is 0 Å². The van der Waals surface area contributed by atoms with Gasteiger partial charge >= 0.3 is 0 Å². The van der Waals surface area contributed by atoms with Gasteiger partial charge in [-0.3, -0.25) is 0 Å². The fourth-order valence-electron chi connectivity index (χ4n) is 1.48. The SMILES string of the molecule is Cc1cccc(Sc2ccc(CO)cc2)c1. The van der Waals surface area contributed by atoms with Gasteiger partial charge in [-0.1, -0.05) is 41.6 Å². The Balaban J connectivity index is 2.14. The van der Waals surface area contributed by atoms with Crippen LogP contribution in [0.3, 0.4) is 0 Å². The summed E-state index contributed by atoms with van der Waals surface area (Å²) in [4.78, 5) is 2.44. The number of benzene rings is 2. The highest BCUT2D eigenvalue weighted by atomic mass is 32.2. The summed E-state index contributed by atoms with van der Waals surface area (Å²) in [6.45, 7) is 2.20. The van der Waals surface area contributed by atoms with E-state index < -0.39 is 0 Å². The Morgan fingerprint density at radius 1 is 1.00 bits per heavy atom. The molecule has 0 fully saturated rings. The fraction of sp³-hybridized carbons (Fsp3) is 0.143. The van der Waals surface area contributed by atoms with Crippen molar-refractivity contribution >= 4 is 11.8 Å². The summed E-state index contributed by atoms with van der Waals surface area (Å²) >= 11 is 1.74. The predicted molar refractivity (Wildman–Crippen MR) is 67.7 cm³/mol. The van der Waals surface area contributed by atoms with Crippen molar-refractivity contribution in [2.45, 2.75) is 23.3 Å². The molecule has 2 rings (SSSR count). The molecular weight excluding hydrogens is 216 g/mol. The van der Waals surface area contributed by atoms with Crippen LogP contribution in [0.1, 0.15) is 11.1 Å². The van der Waals surface area contributed by atoms with Crippen molar-refractivity contribution in [2.24, 2.45) is 0 Å². The maximum atomic E-state index is 8.95. The van der Waals surface area contributed by atoms with Crippen LogP contribution in [0.25, 0.3) is 0 Å². The highest BCUT2D eigenvalue weighted by Crippen LogP contribution is 2.28. The van der Waals surface area contributed by atoms with Crippen LogP contribution in [0, 0.1) is 6.92 Å². The van der Waals surface area contributed by atoms with Crippen LogP contribution >= 0.6 is 11.8 Å². The second-order valence-electron chi connectivity index (χ2n) is 3.72. The Labute approximate surface area is 100 Å². The molecule has 0 spiro atoms. The molecule has 1 N–H and O–H groups in total. The third-order valence-electron chi connectivity index (χ3n) is 2.33. The Kier molecular flexibility index (Phi) is 3.65. The van der Waals surface area contributed by atoms with Gasteiger partial charge in [-0.05, 0) is 36.8 Å². The topological polar surface area (TPSA) is 20.2 Å². The highest BCUT2D eigenvalue weighted by molar-refractivity contribution is 7.99. The predicted octanol–water partition coefficient (Wildman–Crippen LogP) is 3.64. The van der Waals surface area contributed by atoms with E-state index in [1.807, 2.05) is 24.3 Å². The van der Waals surface area contributed by atoms with Crippen molar-refractivity contribution in [1.29, 1.82) is 0 Å². The quantitative estimate of drug-likeness (QED) is 0.868. The van der Waals surface area contributed by atoms with Gasteiger partial charge < -0.3 is 5.11 Å². The molecule has 2 heteroatoms. The van der Waals surface area contributed by atoms with Crippen molar-refractivity contribution < 1.29 is 5.11 Å². The lowest BCUT2D eigenvalue weighted by atomic mass is 10.2. The van der Waals surface area contributed by atoms with E-state index in [-0.39, 0.29) is 6.61 Å². The highest BCUT2D eigenvalue weighted by Gasteiger charge is 1.97. The van der Waals surface area contributed by atoms with Gasteiger partial charge in [0.05, 0.1) is 6.61 Å². The molecule has 1 nitrogen and oxygen atoms in total. The van der Waals surface area contributed by atoms with Crippen LogP contribution in [-0.4, -0.2) is 5.11 Å². The van der Waals surface area contributed by atoms with Gasteiger partial charge in [0.1, 0.15) is 0 Å². The maximum absolute atomic E-state index is 8.95. The van der Waals surface area contributed by atoms with Crippen LogP contribution in [0.2, 0.25) is 0 Å². The lowest BCUT2D eigenvalue weighted by molar-refractivity contribution is 0.282. The molecule has 2 aromatic carbocycles. The van der Waals surface area contributed by atoms with Crippen molar-refractivity contribution in [2.75, 3.05) is 0 Å². The summed E-state index contributed by atoms with van der Waals surface area (Å²) in [5.41, 5.74) is 2.23. The maximum Gasteiger partial charge on any atom is 0.0681 e. The van der Waals surface area contributed by atoms with Crippen LogP contribution in [0.15, 0.2) is 58.3 Å². The van der Waals surface area contributed by atoms with E-state index in [9.17, 15) is 0 Å². The molecule has 0 saturated heterocycles. The van der Waals surface area contributed by atoms with Crippen LogP contribution in [0.4, 0.5) is 0 Å². The van der Waals surface area contributed by atoms with Crippen LogP contribution in [0.5, 0.6) is 0 Å². The van der Waals surface area contributed by atoms with E-state index in [4.69, 9.17) is 5.11 Å². The van der Waals surface area contributed by atoms with Gasteiger partial charge in [-0.15, -0.1) is 0 Å². The minimum Gasteiger partial charge on any atom is -0.392 e. The molecule has 0 aliphatic rings. The minimum absolute atomic E-state index is 0.107. The third-order valence-corrected chi connectivity index (χ3v) is 3.33. The van der Waals surface area contributed by atoms with Crippen molar-refractivity contribution in [3.63, 3.8) is 0 Å². The van der Waals surface area contributed by atoms with Gasteiger partial charge in [0, 0.05) is 9.79 Å². The second kappa shape index (κ2) is 5.19. The molecule has 0 heterocycles. The third kappa shape index (κ3) is 2.87. The molecule has 0 saturated carbocycles. The molecule has 16 heavy (non-hydrogen) atoms. The second-order valence-corrected chi connectivity index (χ2v) is 4.87. The van der Waals surface area contributed by atoms with Crippen molar-refractivity contribution in [3.05, 3.63) is 59.7 Å². The van der Waals surface area contributed by atoms with Crippen LogP contribution < -0.4 is 0 Å². The first-order valence-electron chi connectivity index (χ1n) is 5.22. The molecular formula is C14H14OS. The Bertz CT molecular complexity index is 462. The molecule has 0 unspecified atom stereocenters. The summed E-state index contributed by atoms with van der Waals surface area (Å²) in [7, 11) is 0. The summed E-state index contributed by atoms with van der Waals surface area (Å²) in [5, 5.41) is 8.95. The molecule has 0 aliphatic heterocycles. The fourth-order valence-corrected chi connectivity index (χ4v) is 2.41. The number of aliphatic hydroxyl groups excluding tert-OH is 1. The Morgan fingerprint density at radius 2 is 1.75 bits per heavy atom. The number of hydrogen-bond donors (Lipinski definition) is 1. The molecule has 0 bridgehead atoms. The number of hydrogen-bond acceptors (Lipinski definition) is 2. The first-order chi connectivity index (χ1) is 7.78. The summed E-state index contributed by atoms with van der Waals surface area (Å²) in [5.74, 6) is 0. The minimum atomic E-state index is 0.107. The van der Waals surface area contributed by atoms with Gasteiger partial charge in [-0.25, -0.2) is 0 Å². The van der Waals surface area contributed by atoms with Gasteiger partial charge in [0.2, 0.25) is 0 Å². The monoisotopic (exact) mass is 230 g/mol. The first kappa shape index (κ1) is 11.2. The lowest BCUT2D eigenvalue weighted by Gasteiger charge is -2.03. The van der Waals surface area contributed by atoms with Gasteiger partial charge in [0.15, 0.2) is 0 Å². The van der Waals surface area contributed by atoms with E-state index in [0.717, 1.165) is 5.56 Å². The molecule has 0 amide bonds. The zero-order chi connectivity index (χ0) is 11.4. The summed E-state index contributed by atoms with van der Waals surface area (Å²) in [6, 6.07) is 16.4. The average molecular weight is 230 g/mol. The van der Waals surface area contributed by atoms with Gasteiger partial charge in [0.25, 0.3) is 0 Å². The lowest BCUT2D eigenvalue weighted by Crippen LogP contribution is -1.81. The number of aliphatic hydroxyl groups is 1. The smallest absolute Gasteiger partial charge is 0.0681 e. The Morgan fingerprint density at radius 3 is 2.38 bits per heavy atom. The molecule has 2 aromatic rings. The molecule has 0 radical (unpaired) electrons. The van der Waals surface area contributed by atoms with E-state index in [0.29, 0.717) is 0 Å². The normalized spacial score (nSPS) is 10.4. The van der Waals surface area contributed by atoms with E-state index in [2.05, 4.69) is 31.2 Å². The first-order valence-corrected chi connectivity index (χ1v) is 6.04. The summed E-state index contributed by atoms with van der Waals surface area (Å²) in [6.07, 6.45) is 0. The molecule has 0 aliphatic carbocycles. The average Bonchev–Trinajstić information content (AvgIpc) is 2.30. The molecule has 0 aromatic heterocycles.